The average Bonchev–Trinajstić information content (AvgIpc) is 2.68. The number of aryl methyl sites for hydroxylation is 1. The normalized spacial score (nSPS) is 11.1. The second kappa shape index (κ2) is 8.80. The molecular formula is C22H21BrN2O3S. The lowest BCUT2D eigenvalue weighted by molar-refractivity contribution is 0.102. The zero-order valence-corrected chi connectivity index (χ0v) is 18.5. The number of halogens is 1. The monoisotopic (exact) mass is 472 g/mol. The fraction of sp³-hybridized carbons (Fsp3) is 0.136. The number of benzene rings is 3. The first kappa shape index (κ1) is 21.1. The molecule has 1 amide bonds. The van der Waals surface area contributed by atoms with Crippen molar-refractivity contribution in [3.8, 4) is 0 Å². The van der Waals surface area contributed by atoms with Crippen LogP contribution in [0.4, 0.5) is 11.4 Å². The van der Waals surface area contributed by atoms with Crippen LogP contribution in [0.15, 0.2) is 77.3 Å². The van der Waals surface area contributed by atoms with Crippen molar-refractivity contribution in [3.05, 3.63) is 94.0 Å². The number of nitrogens with one attached hydrogen (secondary N) is 1. The standard InChI is InChI=1S/C22H21BrN2O3S/c1-16-3-5-17(6-4-16)15-25(29(2,27)28)21-13-7-18(8-14-21)22(26)24-20-11-9-19(23)10-12-20/h3-14H,15H2,1-2H3,(H,24,26). The quantitative estimate of drug-likeness (QED) is 0.550. The maximum atomic E-state index is 12.4. The summed E-state index contributed by atoms with van der Waals surface area (Å²) in [6.07, 6.45) is 1.18. The third-order valence-corrected chi connectivity index (χ3v) is 6.04. The Balaban J connectivity index is 1.79. The van der Waals surface area contributed by atoms with Crippen LogP contribution in [0.3, 0.4) is 0 Å². The van der Waals surface area contributed by atoms with Crippen LogP contribution in [0.25, 0.3) is 0 Å². The van der Waals surface area contributed by atoms with Gasteiger partial charge in [-0.25, -0.2) is 8.42 Å². The molecule has 3 aromatic rings. The van der Waals surface area contributed by atoms with E-state index in [0.29, 0.717) is 16.9 Å². The molecule has 0 aliphatic rings. The Labute approximate surface area is 179 Å². The molecule has 0 saturated carbocycles. The predicted molar refractivity (Wildman–Crippen MR) is 121 cm³/mol. The van der Waals surface area contributed by atoms with Gasteiger partial charge in [0.15, 0.2) is 0 Å². The molecule has 0 fully saturated rings. The third-order valence-electron chi connectivity index (χ3n) is 4.37. The fourth-order valence-corrected chi connectivity index (χ4v) is 3.93. The third kappa shape index (κ3) is 5.68. The van der Waals surface area contributed by atoms with Gasteiger partial charge >= 0.3 is 0 Å². The van der Waals surface area contributed by atoms with Crippen molar-refractivity contribution in [1.29, 1.82) is 0 Å². The van der Waals surface area contributed by atoms with Crippen LogP contribution in [0, 0.1) is 6.92 Å². The number of amides is 1. The largest absolute Gasteiger partial charge is 0.322 e. The van der Waals surface area contributed by atoms with Gasteiger partial charge < -0.3 is 5.32 Å². The van der Waals surface area contributed by atoms with Gasteiger partial charge in [-0.1, -0.05) is 45.8 Å². The van der Waals surface area contributed by atoms with Gasteiger partial charge in [-0.2, -0.15) is 0 Å². The molecule has 0 aromatic heterocycles. The lowest BCUT2D eigenvalue weighted by atomic mass is 10.1. The molecule has 0 bridgehead atoms. The maximum absolute atomic E-state index is 12.4. The van der Waals surface area contributed by atoms with Gasteiger partial charge in [0.05, 0.1) is 18.5 Å². The molecule has 0 atom stereocenters. The molecule has 29 heavy (non-hydrogen) atoms. The van der Waals surface area contributed by atoms with E-state index in [4.69, 9.17) is 0 Å². The molecule has 0 saturated heterocycles. The zero-order chi connectivity index (χ0) is 21.0. The van der Waals surface area contributed by atoms with Crippen molar-refractivity contribution >= 4 is 43.2 Å². The van der Waals surface area contributed by atoms with Gasteiger partial charge in [0.25, 0.3) is 5.91 Å². The number of carbonyl (C=O) groups is 1. The number of anilines is 2. The average molecular weight is 473 g/mol. The number of carbonyl (C=O) groups excluding carboxylic acids is 1. The molecule has 0 aliphatic carbocycles. The Hall–Kier alpha value is -2.64. The van der Waals surface area contributed by atoms with Crippen LogP contribution < -0.4 is 9.62 Å². The van der Waals surface area contributed by atoms with E-state index < -0.39 is 10.0 Å². The summed E-state index contributed by atoms with van der Waals surface area (Å²) < 4.78 is 26.9. The Morgan fingerprint density at radius 1 is 0.931 bits per heavy atom. The number of nitrogens with zero attached hydrogens (tertiary/aromatic N) is 1. The molecule has 3 rings (SSSR count). The highest BCUT2D eigenvalue weighted by molar-refractivity contribution is 9.10. The maximum Gasteiger partial charge on any atom is 0.255 e. The van der Waals surface area contributed by atoms with Gasteiger partial charge in [-0.3, -0.25) is 9.10 Å². The van der Waals surface area contributed by atoms with E-state index >= 15 is 0 Å². The lowest BCUT2D eigenvalue weighted by Crippen LogP contribution is -2.29. The Morgan fingerprint density at radius 2 is 1.52 bits per heavy atom. The van der Waals surface area contributed by atoms with Crippen LogP contribution in [0.5, 0.6) is 0 Å². The van der Waals surface area contributed by atoms with Gasteiger partial charge in [0.1, 0.15) is 0 Å². The second-order valence-corrected chi connectivity index (χ2v) is 9.59. The number of hydrogen-bond donors (Lipinski definition) is 1. The van der Waals surface area contributed by atoms with Gasteiger partial charge in [-0.05, 0) is 61.0 Å². The van der Waals surface area contributed by atoms with E-state index in [9.17, 15) is 13.2 Å². The van der Waals surface area contributed by atoms with E-state index in [1.54, 1.807) is 36.4 Å². The van der Waals surface area contributed by atoms with Crippen molar-refractivity contribution in [2.24, 2.45) is 0 Å². The molecule has 0 spiro atoms. The molecule has 0 heterocycles. The van der Waals surface area contributed by atoms with Crippen LogP contribution in [-0.4, -0.2) is 20.6 Å². The molecule has 0 aliphatic heterocycles. The van der Waals surface area contributed by atoms with Crippen molar-refractivity contribution in [1.82, 2.24) is 0 Å². The van der Waals surface area contributed by atoms with Gasteiger partial charge in [0.2, 0.25) is 10.0 Å². The van der Waals surface area contributed by atoms with E-state index in [-0.39, 0.29) is 12.5 Å². The SMILES string of the molecule is Cc1ccc(CN(c2ccc(C(=O)Nc3ccc(Br)cc3)cc2)S(C)(=O)=O)cc1. The highest BCUT2D eigenvalue weighted by Crippen LogP contribution is 2.22. The molecule has 7 heteroatoms. The first-order valence-corrected chi connectivity index (χ1v) is 11.6. The van der Waals surface area contributed by atoms with Crippen LogP contribution in [0.2, 0.25) is 0 Å². The number of sulfonamides is 1. The molecule has 5 nitrogen and oxygen atoms in total. The van der Waals surface area contributed by atoms with Gasteiger partial charge in [0, 0.05) is 15.7 Å². The molecule has 3 aromatic carbocycles. The van der Waals surface area contributed by atoms with E-state index in [1.165, 1.54) is 10.6 Å². The van der Waals surface area contributed by atoms with Crippen molar-refractivity contribution in [3.63, 3.8) is 0 Å². The molecular weight excluding hydrogens is 452 g/mol. The smallest absolute Gasteiger partial charge is 0.255 e. The minimum Gasteiger partial charge on any atom is -0.322 e. The lowest BCUT2D eigenvalue weighted by Gasteiger charge is -2.23. The summed E-state index contributed by atoms with van der Waals surface area (Å²) in [6.45, 7) is 2.21. The van der Waals surface area contributed by atoms with Crippen LogP contribution >= 0.6 is 15.9 Å². The minimum absolute atomic E-state index is 0.226. The Bertz CT molecular complexity index is 1090. The Kier molecular flexibility index (Phi) is 6.39. The van der Waals surface area contributed by atoms with Crippen molar-refractivity contribution in [2.45, 2.75) is 13.5 Å². The van der Waals surface area contributed by atoms with Crippen molar-refractivity contribution in [2.75, 3.05) is 15.9 Å². The highest BCUT2D eigenvalue weighted by atomic mass is 79.9. The first-order chi connectivity index (χ1) is 13.7. The van der Waals surface area contributed by atoms with Crippen LogP contribution in [-0.2, 0) is 16.6 Å². The van der Waals surface area contributed by atoms with Gasteiger partial charge in [-0.15, -0.1) is 0 Å². The highest BCUT2D eigenvalue weighted by Gasteiger charge is 2.18. The zero-order valence-electron chi connectivity index (χ0n) is 16.1. The van der Waals surface area contributed by atoms with E-state index in [2.05, 4.69) is 21.2 Å². The van der Waals surface area contributed by atoms with E-state index in [0.717, 1.165) is 15.6 Å². The molecule has 0 unspecified atom stereocenters. The first-order valence-electron chi connectivity index (χ1n) is 8.92. The Morgan fingerprint density at radius 3 is 2.07 bits per heavy atom. The fourth-order valence-electron chi connectivity index (χ4n) is 2.77. The van der Waals surface area contributed by atoms with E-state index in [1.807, 2.05) is 43.3 Å². The number of hydrogen-bond acceptors (Lipinski definition) is 3. The van der Waals surface area contributed by atoms with Crippen molar-refractivity contribution < 1.29 is 13.2 Å². The summed E-state index contributed by atoms with van der Waals surface area (Å²) in [6, 6.07) is 21.5. The predicted octanol–water partition coefficient (Wildman–Crippen LogP) is 4.98. The summed E-state index contributed by atoms with van der Waals surface area (Å²) in [5, 5.41) is 2.82. The summed E-state index contributed by atoms with van der Waals surface area (Å²) in [4.78, 5) is 12.4. The topological polar surface area (TPSA) is 66.5 Å². The summed E-state index contributed by atoms with van der Waals surface area (Å²) in [7, 11) is -3.48. The second-order valence-electron chi connectivity index (χ2n) is 6.76. The summed E-state index contributed by atoms with van der Waals surface area (Å²) in [5.41, 5.74) is 3.63. The minimum atomic E-state index is -3.48. The summed E-state index contributed by atoms with van der Waals surface area (Å²) in [5.74, 6) is -0.261. The number of rotatable bonds is 6. The summed E-state index contributed by atoms with van der Waals surface area (Å²) >= 11 is 3.35. The molecule has 1 N–H and O–H groups in total. The van der Waals surface area contributed by atoms with Crippen LogP contribution in [0.1, 0.15) is 21.5 Å². The molecule has 150 valence electrons. The molecule has 0 radical (unpaired) electrons.